The third-order valence-electron chi connectivity index (χ3n) is 2.60. The van der Waals surface area contributed by atoms with Crippen molar-refractivity contribution in [3.05, 3.63) is 47.8 Å². The topological polar surface area (TPSA) is 0 Å². The molecule has 0 heterocycles. The fourth-order valence-corrected chi connectivity index (χ4v) is 3.43. The highest BCUT2D eigenvalue weighted by molar-refractivity contribution is 6.75. The van der Waals surface area contributed by atoms with Crippen molar-refractivity contribution in [1.82, 2.24) is 0 Å². The highest BCUT2D eigenvalue weighted by atomic mass is 28.3. The van der Waals surface area contributed by atoms with Gasteiger partial charge in [-0.2, -0.15) is 0 Å². The van der Waals surface area contributed by atoms with E-state index >= 15 is 0 Å². The van der Waals surface area contributed by atoms with Crippen molar-refractivity contribution in [3.8, 4) is 0 Å². The molecule has 84 valence electrons. The number of hydrogen-bond acceptors (Lipinski definition) is 0. The van der Waals surface area contributed by atoms with Crippen molar-refractivity contribution in [1.29, 1.82) is 0 Å². The van der Waals surface area contributed by atoms with Gasteiger partial charge in [-0.3, -0.25) is 0 Å². The highest BCUT2D eigenvalue weighted by Crippen LogP contribution is 2.20. The molecule has 2 heteroatoms. The van der Waals surface area contributed by atoms with Gasteiger partial charge in [-0.15, -0.1) is 0 Å². The van der Waals surface area contributed by atoms with Gasteiger partial charge >= 0.3 is 0 Å². The molecular formula is C14H17FSi. The van der Waals surface area contributed by atoms with Crippen LogP contribution >= 0.6 is 0 Å². The molecule has 0 radical (unpaired) electrons. The molecule has 0 bridgehead atoms. The van der Waals surface area contributed by atoms with E-state index in [4.69, 9.17) is 0 Å². The zero-order valence-electron chi connectivity index (χ0n) is 10.0. The van der Waals surface area contributed by atoms with Gasteiger partial charge in [0.05, 0.1) is 0 Å². The first-order chi connectivity index (χ1) is 7.44. The number of halogens is 1. The lowest BCUT2D eigenvalue weighted by atomic mass is 10.1. The van der Waals surface area contributed by atoms with E-state index in [1.807, 2.05) is 6.07 Å². The van der Waals surface area contributed by atoms with Crippen LogP contribution in [0.3, 0.4) is 0 Å². The standard InChI is InChI=1S/C14H17FSi/c1-16(2,3)10-11-4-5-12-6-7-14(15)9-13(12)8-11/h4-9H,10H2,1-3H3. The van der Waals surface area contributed by atoms with E-state index in [0.29, 0.717) is 0 Å². The smallest absolute Gasteiger partial charge is 0.123 e. The summed E-state index contributed by atoms with van der Waals surface area (Å²) in [5.41, 5.74) is 1.33. The summed E-state index contributed by atoms with van der Waals surface area (Å²) < 4.78 is 13.1. The van der Waals surface area contributed by atoms with Crippen LogP contribution in [-0.4, -0.2) is 8.07 Å². The summed E-state index contributed by atoms with van der Waals surface area (Å²) in [6.45, 7) is 7.05. The first-order valence-electron chi connectivity index (χ1n) is 5.62. The van der Waals surface area contributed by atoms with Crippen LogP contribution < -0.4 is 0 Å². The van der Waals surface area contributed by atoms with Crippen molar-refractivity contribution in [2.45, 2.75) is 25.7 Å². The molecule has 16 heavy (non-hydrogen) atoms. The minimum atomic E-state index is -1.09. The van der Waals surface area contributed by atoms with Crippen LogP contribution in [-0.2, 0) is 6.04 Å². The molecule has 0 nitrogen and oxygen atoms in total. The van der Waals surface area contributed by atoms with Gasteiger partial charge in [0.25, 0.3) is 0 Å². The van der Waals surface area contributed by atoms with Gasteiger partial charge in [0, 0.05) is 8.07 Å². The lowest BCUT2D eigenvalue weighted by molar-refractivity contribution is 0.630. The molecule has 2 aromatic rings. The van der Waals surface area contributed by atoms with E-state index < -0.39 is 8.07 Å². The minimum Gasteiger partial charge on any atom is -0.207 e. The van der Waals surface area contributed by atoms with Gasteiger partial charge in [-0.1, -0.05) is 49.5 Å². The van der Waals surface area contributed by atoms with E-state index in [9.17, 15) is 4.39 Å². The van der Waals surface area contributed by atoms with Crippen molar-refractivity contribution < 1.29 is 4.39 Å². The van der Waals surface area contributed by atoms with Crippen molar-refractivity contribution in [2.75, 3.05) is 0 Å². The SMILES string of the molecule is C[Si](C)(C)Cc1ccc2ccc(F)cc2c1. The van der Waals surface area contributed by atoms with Gasteiger partial charge < -0.3 is 0 Å². The first kappa shape index (κ1) is 11.3. The second-order valence-electron chi connectivity index (χ2n) is 5.56. The Labute approximate surface area is 97.1 Å². The molecule has 0 spiro atoms. The maximum atomic E-state index is 13.1. The highest BCUT2D eigenvalue weighted by Gasteiger charge is 2.13. The maximum absolute atomic E-state index is 13.1. The van der Waals surface area contributed by atoms with Crippen LogP contribution in [0, 0.1) is 5.82 Å². The molecule has 0 atom stereocenters. The molecule has 0 aliphatic heterocycles. The Bertz CT molecular complexity index is 512. The monoisotopic (exact) mass is 232 g/mol. The molecule has 0 fully saturated rings. The number of hydrogen-bond donors (Lipinski definition) is 0. The molecule has 0 N–H and O–H groups in total. The molecule has 0 unspecified atom stereocenters. The Morgan fingerprint density at radius 2 is 1.62 bits per heavy atom. The van der Waals surface area contributed by atoms with Crippen LogP contribution in [0.4, 0.5) is 4.39 Å². The fraction of sp³-hybridized carbons (Fsp3) is 0.286. The normalized spacial score (nSPS) is 12.0. The summed E-state index contributed by atoms with van der Waals surface area (Å²) in [4.78, 5) is 0. The van der Waals surface area contributed by atoms with Gasteiger partial charge in [-0.25, -0.2) is 4.39 Å². The van der Waals surface area contributed by atoms with Crippen LogP contribution in [0.1, 0.15) is 5.56 Å². The Balaban J connectivity index is 2.43. The second-order valence-corrected chi connectivity index (χ2v) is 11.0. The maximum Gasteiger partial charge on any atom is 0.123 e. The Morgan fingerprint density at radius 3 is 2.31 bits per heavy atom. The van der Waals surface area contributed by atoms with Gasteiger partial charge in [0.1, 0.15) is 5.82 Å². The van der Waals surface area contributed by atoms with Gasteiger partial charge in [0.15, 0.2) is 0 Å². The number of fused-ring (bicyclic) bond motifs is 1. The third-order valence-corrected chi connectivity index (χ3v) is 4.07. The molecule has 0 saturated heterocycles. The lowest BCUT2D eigenvalue weighted by Gasteiger charge is -2.16. The first-order valence-corrected chi connectivity index (χ1v) is 9.33. The number of benzene rings is 2. The molecule has 2 rings (SSSR count). The van der Waals surface area contributed by atoms with Crippen molar-refractivity contribution in [2.24, 2.45) is 0 Å². The molecule has 0 aromatic heterocycles. The van der Waals surface area contributed by atoms with E-state index in [1.54, 1.807) is 6.07 Å². The average molecular weight is 232 g/mol. The molecule has 0 amide bonds. The predicted molar refractivity (Wildman–Crippen MR) is 71.0 cm³/mol. The van der Waals surface area contributed by atoms with Crippen LogP contribution in [0.15, 0.2) is 36.4 Å². The molecule has 0 saturated carbocycles. The fourth-order valence-electron chi connectivity index (χ4n) is 1.99. The predicted octanol–water partition coefficient (Wildman–Crippen LogP) is 4.40. The summed E-state index contributed by atoms with van der Waals surface area (Å²) in [5.74, 6) is -0.155. The van der Waals surface area contributed by atoms with Crippen molar-refractivity contribution in [3.63, 3.8) is 0 Å². The summed E-state index contributed by atoms with van der Waals surface area (Å²) in [6.07, 6.45) is 0. The summed E-state index contributed by atoms with van der Waals surface area (Å²) in [5, 5.41) is 2.12. The van der Waals surface area contributed by atoms with Gasteiger partial charge in [0.2, 0.25) is 0 Å². The van der Waals surface area contributed by atoms with Crippen LogP contribution in [0.2, 0.25) is 19.6 Å². The van der Waals surface area contributed by atoms with E-state index in [0.717, 1.165) is 16.8 Å². The molecular weight excluding hydrogens is 215 g/mol. The molecule has 0 aliphatic rings. The second kappa shape index (κ2) is 4.02. The number of rotatable bonds is 2. The van der Waals surface area contributed by atoms with Crippen molar-refractivity contribution >= 4 is 18.8 Å². The quantitative estimate of drug-likeness (QED) is 0.673. The largest absolute Gasteiger partial charge is 0.207 e. The van der Waals surface area contributed by atoms with E-state index in [-0.39, 0.29) is 5.82 Å². The van der Waals surface area contributed by atoms with E-state index in [2.05, 4.69) is 37.8 Å². The zero-order valence-corrected chi connectivity index (χ0v) is 11.0. The summed E-state index contributed by atoms with van der Waals surface area (Å²) >= 11 is 0. The lowest BCUT2D eigenvalue weighted by Crippen LogP contribution is -2.23. The third kappa shape index (κ3) is 2.70. The Morgan fingerprint density at radius 1 is 0.938 bits per heavy atom. The van der Waals surface area contributed by atoms with E-state index in [1.165, 1.54) is 11.6 Å². The van der Waals surface area contributed by atoms with Crippen LogP contribution in [0.5, 0.6) is 0 Å². The van der Waals surface area contributed by atoms with Gasteiger partial charge in [-0.05, 0) is 28.9 Å². The average Bonchev–Trinajstić information content (AvgIpc) is 2.14. The molecule has 2 aromatic carbocycles. The summed E-state index contributed by atoms with van der Waals surface area (Å²) in [6, 6.07) is 12.5. The Hall–Kier alpha value is -1.15. The zero-order chi connectivity index (χ0) is 11.8. The Kier molecular flexibility index (Phi) is 2.85. The minimum absolute atomic E-state index is 0.155. The van der Waals surface area contributed by atoms with Crippen LogP contribution in [0.25, 0.3) is 10.8 Å². The molecule has 0 aliphatic carbocycles. The summed E-state index contributed by atoms with van der Waals surface area (Å²) in [7, 11) is -1.09.